The molecule has 0 aromatic carbocycles. The highest BCUT2D eigenvalue weighted by Crippen LogP contribution is 2.33. The smallest absolute Gasteiger partial charge is 0.219 e. The Morgan fingerprint density at radius 2 is 2.38 bits per heavy atom. The molecule has 0 atom stereocenters. The van der Waals surface area contributed by atoms with Crippen molar-refractivity contribution in [2.75, 3.05) is 13.4 Å². The zero-order valence-corrected chi connectivity index (χ0v) is 8.95. The van der Waals surface area contributed by atoms with Crippen molar-refractivity contribution >= 4 is 23.4 Å². The number of methoxy groups -OCH3 is 1. The number of rotatable bonds is 3. The molecule has 0 bridgehead atoms. The molecule has 1 rings (SSSR count). The largest absolute Gasteiger partial charge is 0.481 e. The number of aliphatic hydroxyl groups is 1. The minimum atomic E-state index is -0.118. The highest BCUT2D eigenvalue weighted by molar-refractivity contribution is 7.98. The topological polar surface area (TPSA) is 42.4 Å². The lowest BCUT2D eigenvalue weighted by Gasteiger charge is -2.10. The normalized spacial score (nSPS) is 10.2. The molecule has 1 aromatic heterocycles. The Balaban J connectivity index is 3.27. The lowest BCUT2D eigenvalue weighted by Crippen LogP contribution is -1.97. The Hall–Kier alpha value is -0.450. The Bertz CT molecular complexity index is 306. The summed E-state index contributed by atoms with van der Waals surface area (Å²) in [5.41, 5.74) is 0.641. The van der Waals surface area contributed by atoms with Crippen LogP contribution in [0.15, 0.2) is 11.1 Å². The molecule has 3 nitrogen and oxygen atoms in total. The third-order valence-corrected chi connectivity index (χ3v) is 2.87. The van der Waals surface area contributed by atoms with Crippen LogP contribution in [-0.2, 0) is 6.61 Å². The van der Waals surface area contributed by atoms with E-state index in [0.29, 0.717) is 16.5 Å². The van der Waals surface area contributed by atoms with Gasteiger partial charge in [-0.2, -0.15) is 0 Å². The van der Waals surface area contributed by atoms with E-state index < -0.39 is 0 Å². The molecule has 0 aliphatic rings. The summed E-state index contributed by atoms with van der Waals surface area (Å²) in [6.07, 6.45) is 3.41. The van der Waals surface area contributed by atoms with Gasteiger partial charge in [0.2, 0.25) is 5.88 Å². The second-order valence-electron chi connectivity index (χ2n) is 2.29. The fraction of sp³-hybridized carbons (Fsp3) is 0.375. The average Bonchev–Trinajstić information content (AvgIpc) is 2.17. The molecule has 1 N–H and O–H groups in total. The van der Waals surface area contributed by atoms with E-state index in [0.717, 1.165) is 4.90 Å². The van der Waals surface area contributed by atoms with Crippen molar-refractivity contribution < 1.29 is 9.84 Å². The molecule has 0 aliphatic heterocycles. The summed E-state index contributed by atoms with van der Waals surface area (Å²) < 4.78 is 4.99. The lowest BCUT2D eigenvalue weighted by atomic mass is 10.3. The van der Waals surface area contributed by atoms with Crippen LogP contribution >= 0.6 is 23.4 Å². The number of hydrogen-bond acceptors (Lipinski definition) is 4. The van der Waals surface area contributed by atoms with Crippen LogP contribution in [-0.4, -0.2) is 23.5 Å². The van der Waals surface area contributed by atoms with E-state index in [1.807, 2.05) is 6.26 Å². The Kier molecular flexibility index (Phi) is 3.84. The van der Waals surface area contributed by atoms with Crippen LogP contribution in [0.5, 0.6) is 5.88 Å². The zero-order chi connectivity index (χ0) is 9.84. The quantitative estimate of drug-likeness (QED) is 0.790. The SMILES string of the molecule is COc1ncc(Cl)c(SC)c1CO. The lowest BCUT2D eigenvalue weighted by molar-refractivity contribution is 0.268. The molecule has 1 heterocycles. The molecule has 0 aliphatic carbocycles. The minimum Gasteiger partial charge on any atom is -0.481 e. The predicted octanol–water partition coefficient (Wildman–Crippen LogP) is 1.96. The number of ether oxygens (including phenoxy) is 1. The first-order chi connectivity index (χ1) is 6.24. The number of halogens is 1. The highest BCUT2D eigenvalue weighted by Gasteiger charge is 2.12. The Morgan fingerprint density at radius 1 is 1.69 bits per heavy atom. The first kappa shape index (κ1) is 10.6. The number of aliphatic hydroxyl groups excluding tert-OH is 1. The van der Waals surface area contributed by atoms with Crippen molar-refractivity contribution in [3.05, 3.63) is 16.8 Å². The van der Waals surface area contributed by atoms with Crippen LogP contribution in [0.25, 0.3) is 0 Å². The monoisotopic (exact) mass is 219 g/mol. The van der Waals surface area contributed by atoms with E-state index in [1.54, 1.807) is 0 Å². The molecule has 0 fully saturated rings. The fourth-order valence-corrected chi connectivity index (χ4v) is 2.07. The van der Waals surface area contributed by atoms with Crippen LogP contribution in [0.4, 0.5) is 0 Å². The van der Waals surface area contributed by atoms with E-state index >= 15 is 0 Å². The molecule has 5 heteroatoms. The highest BCUT2D eigenvalue weighted by atomic mass is 35.5. The Labute approximate surface area is 86.1 Å². The molecule has 72 valence electrons. The zero-order valence-electron chi connectivity index (χ0n) is 7.37. The van der Waals surface area contributed by atoms with Crippen molar-refractivity contribution in [2.45, 2.75) is 11.5 Å². The van der Waals surface area contributed by atoms with Crippen LogP contribution in [0.3, 0.4) is 0 Å². The maximum absolute atomic E-state index is 9.09. The number of hydrogen-bond donors (Lipinski definition) is 1. The number of nitrogens with zero attached hydrogens (tertiary/aromatic N) is 1. The van der Waals surface area contributed by atoms with E-state index in [-0.39, 0.29) is 6.61 Å². The van der Waals surface area contributed by atoms with Gasteiger partial charge in [-0.25, -0.2) is 4.98 Å². The molecule has 1 aromatic rings. The second kappa shape index (κ2) is 4.69. The number of pyridine rings is 1. The molecule has 0 saturated carbocycles. The van der Waals surface area contributed by atoms with E-state index in [9.17, 15) is 0 Å². The molecular weight excluding hydrogens is 210 g/mol. The van der Waals surface area contributed by atoms with E-state index in [4.69, 9.17) is 21.4 Å². The summed E-state index contributed by atoms with van der Waals surface area (Å²) in [4.78, 5) is 4.76. The van der Waals surface area contributed by atoms with Crippen molar-refractivity contribution in [2.24, 2.45) is 0 Å². The number of thioether (sulfide) groups is 1. The maximum Gasteiger partial charge on any atom is 0.219 e. The molecule has 0 spiro atoms. The van der Waals surface area contributed by atoms with Crippen LogP contribution in [0, 0.1) is 0 Å². The second-order valence-corrected chi connectivity index (χ2v) is 3.51. The summed E-state index contributed by atoms with van der Waals surface area (Å²) >= 11 is 7.35. The number of aromatic nitrogens is 1. The maximum atomic E-state index is 9.09. The van der Waals surface area contributed by atoms with Crippen LogP contribution in [0.1, 0.15) is 5.56 Å². The summed E-state index contributed by atoms with van der Waals surface area (Å²) in [6.45, 7) is -0.118. The molecular formula is C8H10ClNO2S. The van der Waals surface area contributed by atoms with Crippen LogP contribution in [0.2, 0.25) is 5.02 Å². The van der Waals surface area contributed by atoms with Gasteiger partial charge in [-0.15, -0.1) is 11.8 Å². The predicted molar refractivity (Wildman–Crippen MR) is 53.5 cm³/mol. The van der Waals surface area contributed by atoms with Gasteiger partial charge in [0.15, 0.2) is 0 Å². The van der Waals surface area contributed by atoms with Gasteiger partial charge in [0.25, 0.3) is 0 Å². The van der Waals surface area contributed by atoms with Gasteiger partial charge in [0.1, 0.15) is 0 Å². The minimum absolute atomic E-state index is 0.118. The molecule has 0 saturated heterocycles. The van der Waals surface area contributed by atoms with E-state index in [2.05, 4.69) is 4.98 Å². The molecule has 0 amide bonds. The van der Waals surface area contributed by atoms with Crippen molar-refractivity contribution in [3.8, 4) is 5.88 Å². The third-order valence-electron chi connectivity index (χ3n) is 1.60. The van der Waals surface area contributed by atoms with Crippen molar-refractivity contribution in [1.82, 2.24) is 4.98 Å². The van der Waals surface area contributed by atoms with Gasteiger partial charge in [0, 0.05) is 4.90 Å². The van der Waals surface area contributed by atoms with Crippen LogP contribution < -0.4 is 4.74 Å². The van der Waals surface area contributed by atoms with Crippen molar-refractivity contribution in [1.29, 1.82) is 0 Å². The van der Waals surface area contributed by atoms with E-state index in [1.165, 1.54) is 25.1 Å². The summed E-state index contributed by atoms with van der Waals surface area (Å²) in [7, 11) is 1.51. The van der Waals surface area contributed by atoms with Gasteiger partial charge in [-0.3, -0.25) is 0 Å². The average molecular weight is 220 g/mol. The first-order valence-corrected chi connectivity index (χ1v) is 5.21. The third kappa shape index (κ3) is 2.07. The first-order valence-electron chi connectivity index (χ1n) is 3.60. The fourth-order valence-electron chi connectivity index (χ4n) is 1.03. The summed E-state index contributed by atoms with van der Waals surface area (Å²) in [6, 6.07) is 0. The van der Waals surface area contributed by atoms with Gasteiger partial charge >= 0.3 is 0 Å². The molecule has 0 radical (unpaired) electrons. The van der Waals surface area contributed by atoms with Gasteiger partial charge in [-0.1, -0.05) is 11.6 Å². The van der Waals surface area contributed by atoms with Crippen molar-refractivity contribution in [3.63, 3.8) is 0 Å². The summed E-state index contributed by atoms with van der Waals surface area (Å²) in [5, 5.41) is 9.63. The van der Waals surface area contributed by atoms with Gasteiger partial charge in [-0.05, 0) is 6.26 Å². The van der Waals surface area contributed by atoms with Gasteiger partial charge < -0.3 is 9.84 Å². The van der Waals surface area contributed by atoms with Gasteiger partial charge in [0.05, 0.1) is 30.5 Å². The molecule has 0 unspecified atom stereocenters. The summed E-state index contributed by atoms with van der Waals surface area (Å²) in [5.74, 6) is 0.427. The standard InChI is InChI=1S/C8H10ClNO2S/c1-12-8-5(4-11)7(13-2)6(9)3-10-8/h3,11H,4H2,1-2H3. The Morgan fingerprint density at radius 3 is 2.85 bits per heavy atom. The molecule has 13 heavy (non-hydrogen) atoms.